The zero-order valence-corrected chi connectivity index (χ0v) is 54.6. The SMILES string of the molecule is CC1COc2ccccc2N1C(=O)C(Cl)Cl.CCNc1nc(Cl)nc(NC(C)C)n1.CCOC(=O)C(Cl)Cc1cc(-n2nc(C)n(C(F)F)c2=O)c(F)cc1Cl.CCc1cccc(C)c1N(C(=O)CCl)C(C)COC.CP(=O)(O)CCC(N)C(=O)O. The minimum atomic E-state index is -3.12. The van der Waals surface area contributed by atoms with E-state index < -0.39 is 53.6 Å². The number of aromatic nitrogens is 6. The number of aliphatic carboxylic acids is 1. The monoisotopic (exact) mass is 1350 g/mol. The van der Waals surface area contributed by atoms with Gasteiger partial charge in [0.05, 0.1) is 36.7 Å². The molecular weight excluding hydrogens is 1280 g/mol. The van der Waals surface area contributed by atoms with Crippen LogP contribution in [0.1, 0.15) is 84.0 Å². The van der Waals surface area contributed by atoms with Gasteiger partial charge in [0.15, 0.2) is 18.0 Å². The molecule has 5 aromatic rings. The Kier molecular flexibility index (Phi) is 33.3. The van der Waals surface area contributed by atoms with Crippen LogP contribution in [0.15, 0.2) is 59.4 Å². The van der Waals surface area contributed by atoms with E-state index in [-0.39, 0.29) is 93.4 Å². The summed E-state index contributed by atoms with van der Waals surface area (Å²) in [5, 5.41) is 17.0. The lowest BCUT2D eigenvalue weighted by Gasteiger charge is -2.35. The predicted molar refractivity (Wildman–Crippen MR) is 332 cm³/mol. The van der Waals surface area contributed by atoms with Gasteiger partial charge in [-0.25, -0.2) is 13.8 Å². The molecule has 0 aliphatic carbocycles. The zero-order chi connectivity index (χ0) is 65.3. The van der Waals surface area contributed by atoms with Crippen molar-refractivity contribution in [2.75, 3.05) is 72.6 Å². The third kappa shape index (κ3) is 24.2. The number of nitrogens with one attached hydrogen (secondary N) is 2. The number of fused-ring (bicyclic) bond motifs is 1. The normalized spacial score (nSPS) is 14.2. The number of amides is 2. The van der Waals surface area contributed by atoms with Crippen LogP contribution >= 0.6 is 77.0 Å². The van der Waals surface area contributed by atoms with Crippen molar-refractivity contribution in [3.63, 3.8) is 0 Å². The highest BCUT2D eigenvalue weighted by Crippen LogP contribution is 2.36. The molecule has 1 aliphatic rings. The van der Waals surface area contributed by atoms with Gasteiger partial charge in [0.1, 0.15) is 41.2 Å². The van der Waals surface area contributed by atoms with Gasteiger partial charge in [-0.15, -0.1) is 28.3 Å². The van der Waals surface area contributed by atoms with Crippen molar-refractivity contribution < 1.29 is 61.1 Å². The molecular formula is C54H73Cl6F3N11O11P. The molecule has 22 nitrogen and oxygen atoms in total. The molecule has 3 aromatic carbocycles. The summed E-state index contributed by atoms with van der Waals surface area (Å²) >= 11 is 34.6. The number of methoxy groups -OCH3 is 1. The fraction of sp³-hybridized carbons (Fsp3) is 0.500. The van der Waals surface area contributed by atoms with E-state index in [1.807, 2.05) is 77.9 Å². The van der Waals surface area contributed by atoms with Gasteiger partial charge in [-0.1, -0.05) is 72.1 Å². The summed E-state index contributed by atoms with van der Waals surface area (Å²) in [6, 6.07) is 14.6. The van der Waals surface area contributed by atoms with Crippen molar-refractivity contribution in [1.82, 2.24) is 29.3 Å². The summed E-state index contributed by atoms with van der Waals surface area (Å²) in [6.45, 7) is 16.6. The third-order valence-corrected chi connectivity index (χ3v) is 14.2. The molecule has 478 valence electrons. The van der Waals surface area contributed by atoms with Crippen LogP contribution in [-0.4, -0.2) is 150 Å². The minimum absolute atomic E-state index is 0.0223. The Morgan fingerprint density at radius 2 is 1.60 bits per heavy atom. The molecule has 3 heterocycles. The van der Waals surface area contributed by atoms with E-state index in [2.05, 4.69) is 43.7 Å². The Morgan fingerprint density at radius 3 is 2.14 bits per heavy atom. The summed E-state index contributed by atoms with van der Waals surface area (Å²) in [6.07, 6.45) is 0.763. The van der Waals surface area contributed by atoms with E-state index in [0.717, 1.165) is 47.6 Å². The molecule has 6 N–H and O–H groups in total. The number of benzene rings is 3. The van der Waals surface area contributed by atoms with Crippen LogP contribution in [0.5, 0.6) is 5.75 Å². The first kappa shape index (κ1) is 76.6. The summed E-state index contributed by atoms with van der Waals surface area (Å²) in [4.78, 5) is 81.0. The number of nitrogens with two attached hydrogens (primary N) is 1. The van der Waals surface area contributed by atoms with E-state index in [0.29, 0.717) is 35.5 Å². The Hall–Kier alpha value is -5.47. The molecule has 5 unspecified atom stereocenters. The number of carbonyl (C=O) groups is 4. The largest absolute Gasteiger partial charge is 0.489 e. The first-order chi connectivity index (χ1) is 40.3. The molecule has 2 amide bonds. The molecule has 5 atom stereocenters. The first-order valence-corrected chi connectivity index (χ1v) is 31.4. The molecule has 0 radical (unpaired) electrons. The van der Waals surface area contributed by atoms with Gasteiger partial charge in [-0.2, -0.15) is 28.4 Å². The van der Waals surface area contributed by atoms with E-state index >= 15 is 0 Å². The summed E-state index contributed by atoms with van der Waals surface area (Å²) in [7, 11) is -1.47. The number of halogens is 9. The van der Waals surface area contributed by atoms with Crippen LogP contribution in [0, 0.1) is 19.7 Å². The fourth-order valence-corrected chi connectivity index (χ4v) is 9.45. The number of carboxylic acid groups (broad SMARTS) is 1. The summed E-state index contributed by atoms with van der Waals surface area (Å²) in [5.74, 6) is -1.81. The van der Waals surface area contributed by atoms with Gasteiger partial charge in [0.25, 0.3) is 5.91 Å². The first-order valence-electron chi connectivity index (χ1n) is 26.5. The second-order valence-electron chi connectivity index (χ2n) is 19.1. The van der Waals surface area contributed by atoms with Crippen LogP contribution in [0.3, 0.4) is 0 Å². The maximum absolute atomic E-state index is 14.2. The number of nitrogens with zero attached hydrogens (tertiary/aromatic N) is 8. The molecule has 0 fully saturated rings. The Bertz CT molecular complexity index is 3130. The number of carboxylic acids is 1. The van der Waals surface area contributed by atoms with Crippen molar-refractivity contribution in [3.8, 4) is 11.4 Å². The van der Waals surface area contributed by atoms with Crippen LogP contribution in [0.2, 0.25) is 10.3 Å². The lowest BCUT2D eigenvalue weighted by atomic mass is 10.0. The molecule has 1 aliphatic heterocycles. The maximum atomic E-state index is 14.2. The van der Waals surface area contributed by atoms with Crippen molar-refractivity contribution in [2.45, 2.75) is 123 Å². The Balaban J connectivity index is 0.000000378. The third-order valence-electron chi connectivity index (χ3n) is 11.6. The maximum Gasteiger partial charge on any atom is 0.355 e. The molecule has 0 spiro atoms. The number of esters is 1. The highest BCUT2D eigenvalue weighted by molar-refractivity contribution is 7.57. The van der Waals surface area contributed by atoms with E-state index in [9.17, 15) is 41.7 Å². The zero-order valence-electron chi connectivity index (χ0n) is 49.2. The van der Waals surface area contributed by atoms with Gasteiger partial charge in [-0.3, -0.25) is 23.7 Å². The fourth-order valence-electron chi connectivity index (χ4n) is 7.74. The van der Waals surface area contributed by atoms with Crippen molar-refractivity contribution >= 4 is 124 Å². The number of carbonyl (C=O) groups excluding carboxylic acids is 3. The average Bonchev–Trinajstić information content (AvgIpc) is 1.69. The molecule has 2 aromatic heterocycles. The van der Waals surface area contributed by atoms with Gasteiger partial charge in [0, 0.05) is 44.0 Å². The summed E-state index contributed by atoms with van der Waals surface area (Å²) < 4.78 is 66.8. The molecule has 0 saturated carbocycles. The smallest absolute Gasteiger partial charge is 0.355 e. The quantitative estimate of drug-likeness (QED) is 0.0259. The molecule has 32 heteroatoms. The number of rotatable bonds is 21. The van der Waals surface area contributed by atoms with Gasteiger partial charge >= 0.3 is 24.2 Å². The number of hydrogen-bond acceptors (Lipinski definition) is 16. The minimum Gasteiger partial charge on any atom is -0.489 e. The average molecular weight is 1350 g/mol. The number of alkyl halides is 6. The van der Waals surface area contributed by atoms with E-state index in [1.165, 1.54) is 13.6 Å². The van der Waals surface area contributed by atoms with E-state index in [4.69, 9.17) is 99.5 Å². The van der Waals surface area contributed by atoms with Crippen LogP contribution in [-0.2, 0) is 46.1 Å². The molecule has 0 bridgehead atoms. The topological polar surface area (TPSA) is 289 Å². The van der Waals surface area contributed by atoms with Crippen LogP contribution < -0.4 is 36.6 Å². The second kappa shape index (κ2) is 37.4. The summed E-state index contributed by atoms with van der Waals surface area (Å²) in [5.41, 5.74) is 7.66. The standard InChI is InChI=1S/C15H14Cl2F3N3O3.C15H22ClNO2.C11H11Cl2NO2.C8H14ClN5.C5H12NO4P/c1-3-26-13(24)10(17)4-8-5-12(11(18)6-9(8)16)23-15(25)22(14(19)20)7(2)21-23;1-5-13-8-6-7-11(2)15(13)17(14(18)9-16)12(3)10-19-4;1-7-6-16-9-5-3-2-4-8(9)14(7)11(15)10(12)13;1-4-10-7-12-6(9)13-8(14-7)11-5(2)3;1-11(9,10)3-2-4(6)5(7)8/h5-6,10,14H,3-4H2,1-2H3;6-8,12H,5,9-10H2,1-4H3;2-5,7,10H,6H2,1H3;5H,4H2,1-3H3,(H2,10,11,12,13,14);4H,2-3,6H2,1H3,(H,7,8)(H,9,10). The van der Waals surface area contributed by atoms with Crippen molar-refractivity contribution in [3.05, 3.63) is 104 Å². The Morgan fingerprint density at radius 1 is 0.965 bits per heavy atom. The second-order valence-corrected chi connectivity index (χ2v) is 24.3. The molecule has 6 rings (SSSR count). The highest BCUT2D eigenvalue weighted by atomic mass is 35.5. The van der Waals surface area contributed by atoms with Crippen LogP contribution in [0.4, 0.5) is 36.4 Å². The lowest BCUT2D eigenvalue weighted by Crippen LogP contribution is -2.47. The molecule has 0 saturated heterocycles. The molecule has 86 heavy (non-hydrogen) atoms. The number of anilines is 4. The predicted octanol–water partition coefficient (Wildman–Crippen LogP) is 10.5. The number of aryl methyl sites for hydroxylation is 3. The van der Waals surface area contributed by atoms with Gasteiger partial charge < -0.3 is 50.4 Å². The van der Waals surface area contributed by atoms with E-state index in [1.54, 1.807) is 23.8 Å². The van der Waals surface area contributed by atoms with Gasteiger partial charge in [0.2, 0.25) is 23.1 Å². The van der Waals surface area contributed by atoms with Crippen LogP contribution in [0.25, 0.3) is 5.69 Å². The lowest BCUT2D eigenvalue weighted by molar-refractivity contribution is -0.142. The number of para-hydroxylation sites is 3. The number of ether oxygens (including phenoxy) is 3. The van der Waals surface area contributed by atoms with Gasteiger partial charge in [-0.05, 0) is 121 Å². The van der Waals surface area contributed by atoms with Crippen molar-refractivity contribution in [2.24, 2.45) is 5.73 Å². The highest BCUT2D eigenvalue weighted by Gasteiger charge is 2.32. The Labute approximate surface area is 527 Å². The van der Waals surface area contributed by atoms with Crippen molar-refractivity contribution in [1.29, 1.82) is 0 Å². The number of hydrogen-bond donors (Lipinski definition) is 5.